The first-order chi connectivity index (χ1) is 15.5. The number of halogens is 2. The summed E-state index contributed by atoms with van der Waals surface area (Å²) in [5.74, 6) is -1.23. The second-order valence-corrected chi connectivity index (χ2v) is 10.4. The Morgan fingerprint density at radius 2 is 1.85 bits per heavy atom. The molecule has 2 amide bonds. The third-order valence-electron chi connectivity index (χ3n) is 5.03. The predicted molar refractivity (Wildman–Crippen MR) is 131 cm³/mol. The van der Waals surface area contributed by atoms with Gasteiger partial charge in [-0.15, -0.1) is 0 Å². The molecule has 0 spiro atoms. The second kappa shape index (κ2) is 12.1. The first-order valence-corrected chi connectivity index (χ1v) is 13.2. The van der Waals surface area contributed by atoms with Gasteiger partial charge >= 0.3 is 0 Å². The molecule has 0 fully saturated rings. The molecule has 7 nitrogen and oxygen atoms in total. The van der Waals surface area contributed by atoms with Gasteiger partial charge in [0.1, 0.15) is 11.9 Å². The highest BCUT2D eigenvalue weighted by atomic mass is 79.9. The number of carbonyl (C=O) groups excluding carboxylic acids is 2. The van der Waals surface area contributed by atoms with Crippen molar-refractivity contribution in [3.05, 3.63) is 64.4 Å². The molecule has 2 aromatic rings. The highest BCUT2D eigenvalue weighted by molar-refractivity contribution is 9.10. The summed E-state index contributed by atoms with van der Waals surface area (Å²) in [6.07, 6.45) is 1.16. The van der Waals surface area contributed by atoms with Gasteiger partial charge in [0.15, 0.2) is 0 Å². The molecule has 1 atom stereocenters. The van der Waals surface area contributed by atoms with Gasteiger partial charge in [-0.2, -0.15) is 0 Å². The molecule has 0 aliphatic rings. The fourth-order valence-corrected chi connectivity index (χ4v) is 4.79. The molecule has 1 N–H and O–H groups in total. The zero-order chi connectivity index (χ0) is 24.6. The molecule has 0 saturated heterocycles. The van der Waals surface area contributed by atoms with Gasteiger partial charge in [-0.05, 0) is 50.1 Å². The lowest BCUT2D eigenvalue weighted by molar-refractivity contribution is -0.140. The van der Waals surface area contributed by atoms with E-state index in [4.69, 9.17) is 0 Å². The lowest BCUT2D eigenvalue weighted by Gasteiger charge is -2.29. The van der Waals surface area contributed by atoms with Gasteiger partial charge in [0.05, 0.1) is 11.9 Å². The number of nitrogens with one attached hydrogen (secondary N) is 1. The summed E-state index contributed by atoms with van der Waals surface area (Å²) in [6, 6.07) is 12.3. The van der Waals surface area contributed by atoms with Crippen molar-refractivity contribution in [1.82, 2.24) is 10.2 Å². The quantitative estimate of drug-likeness (QED) is 0.470. The van der Waals surface area contributed by atoms with Crippen molar-refractivity contribution in [2.45, 2.75) is 39.3 Å². The van der Waals surface area contributed by atoms with Crippen LogP contribution in [0.25, 0.3) is 0 Å². The van der Waals surface area contributed by atoms with Crippen LogP contribution in [0.5, 0.6) is 0 Å². The highest BCUT2D eigenvalue weighted by Gasteiger charge is 2.26. The summed E-state index contributed by atoms with van der Waals surface area (Å²) in [5.41, 5.74) is 0.784. The third-order valence-corrected chi connectivity index (χ3v) is 6.71. The van der Waals surface area contributed by atoms with Crippen LogP contribution in [0.2, 0.25) is 0 Å². The molecule has 0 bridgehead atoms. The van der Waals surface area contributed by atoms with Crippen LogP contribution in [0.1, 0.15) is 32.3 Å². The van der Waals surface area contributed by atoms with Crippen molar-refractivity contribution in [3.63, 3.8) is 0 Å². The van der Waals surface area contributed by atoms with Crippen LogP contribution >= 0.6 is 15.9 Å². The molecule has 10 heteroatoms. The number of nitrogens with zero attached hydrogens (tertiary/aromatic N) is 2. The normalized spacial score (nSPS) is 12.2. The Balaban J connectivity index is 2.16. The van der Waals surface area contributed by atoms with E-state index in [0.29, 0.717) is 6.54 Å². The Morgan fingerprint density at radius 1 is 1.15 bits per heavy atom. The topological polar surface area (TPSA) is 86.8 Å². The van der Waals surface area contributed by atoms with Crippen molar-refractivity contribution in [2.24, 2.45) is 0 Å². The lowest BCUT2D eigenvalue weighted by Crippen LogP contribution is -2.47. The fraction of sp³-hybridized carbons (Fsp3) is 0.391. The minimum Gasteiger partial charge on any atom is -0.355 e. The summed E-state index contributed by atoms with van der Waals surface area (Å²) in [5, 5.41) is 2.73. The van der Waals surface area contributed by atoms with Gasteiger partial charge in [0.25, 0.3) is 0 Å². The second-order valence-electron chi connectivity index (χ2n) is 7.61. The van der Waals surface area contributed by atoms with Crippen LogP contribution < -0.4 is 9.62 Å². The summed E-state index contributed by atoms with van der Waals surface area (Å²) < 4.78 is 40.5. The molecule has 0 aliphatic carbocycles. The standard InChI is InChI=1S/C23H29BrFN3O4S/c1-4-26-23(30)17(2)27(16-18-9-7-10-19(24)15-18)22(29)13-8-14-28(33(3,31)32)21-12-6-5-11-20(21)25/h5-7,9-12,15,17H,4,8,13-14,16H2,1-3H3,(H,26,30). The third kappa shape index (κ3) is 7.82. The molecule has 1 unspecified atom stereocenters. The summed E-state index contributed by atoms with van der Waals surface area (Å²) in [4.78, 5) is 27.0. The zero-order valence-electron chi connectivity index (χ0n) is 18.9. The van der Waals surface area contributed by atoms with Crippen LogP contribution in [0.3, 0.4) is 0 Å². The zero-order valence-corrected chi connectivity index (χ0v) is 21.3. The highest BCUT2D eigenvalue weighted by Crippen LogP contribution is 2.22. The van der Waals surface area contributed by atoms with E-state index in [-0.39, 0.29) is 43.4 Å². The van der Waals surface area contributed by atoms with Crippen LogP contribution in [0.15, 0.2) is 53.0 Å². The Bertz CT molecular complexity index is 1080. The molecular weight excluding hydrogens is 513 g/mol. The number of amides is 2. The number of hydrogen-bond acceptors (Lipinski definition) is 4. The Labute approximate surface area is 203 Å². The molecule has 0 heterocycles. The van der Waals surface area contributed by atoms with Gasteiger partial charge in [-0.1, -0.05) is 40.2 Å². The van der Waals surface area contributed by atoms with Crippen molar-refractivity contribution in [1.29, 1.82) is 0 Å². The van der Waals surface area contributed by atoms with E-state index in [1.165, 1.54) is 23.1 Å². The van der Waals surface area contributed by atoms with Gasteiger partial charge in [-0.3, -0.25) is 13.9 Å². The lowest BCUT2D eigenvalue weighted by atomic mass is 10.1. The maximum Gasteiger partial charge on any atom is 0.242 e. The number of hydrogen-bond donors (Lipinski definition) is 1. The first-order valence-electron chi connectivity index (χ1n) is 10.6. The van der Waals surface area contributed by atoms with E-state index in [2.05, 4.69) is 21.2 Å². The number of benzene rings is 2. The van der Waals surface area contributed by atoms with E-state index in [0.717, 1.165) is 20.6 Å². The smallest absolute Gasteiger partial charge is 0.242 e. The number of anilines is 1. The van der Waals surface area contributed by atoms with Crippen LogP contribution in [0, 0.1) is 5.82 Å². The predicted octanol–water partition coefficient (Wildman–Crippen LogP) is 3.69. The molecule has 0 aliphatic heterocycles. The summed E-state index contributed by atoms with van der Waals surface area (Å²) >= 11 is 3.41. The van der Waals surface area contributed by atoms with E-state index < -0.39 is 21.9 Å². The first kappa shape index (κ1) is 26.8. The average molecular weight is 542 g/mol. The van der Waals surface area contributed by atoms with Crippen LogP contribution in [-0.4, -0.2) is 50.5 Å². The van der Waals surface area contributed by atoms with Gasteiger partial charge in [0.2, 0.25) is 21.8 Å². The number of likely N-dealkylation sites (N-methyl/N-ethyl adjacent to an activating group) is 1. The number of para-hydroxylation sites is 1. The maximum atomic E-state index is 14.2. The van der Waals surface area contributed by atoms with Gasteiger partial charge in [0, 0.05) is 30.5 Å². The number of rotatable bonds is 11. The largest absolute Gasteiger partial charge is 0.355 e. The summed E-state index contributed by atoms with van der Waals surface area (Å²) in [7, 11) is -3.75. The molecule has 2 rings (SSSR count). The van der Waals surface area contributed by atoms with Crippen molar-refractivity contribution in [3.8, 4) is 0 Å². The minimum absolute atomic E-state index is 0.00177. The maximum absolute atomic E-state index is 14.2. The summed E-state index contributed by atoms with van der Waals surface area (Å²) in [6.45, 7) is 4.05. The molecule has 0 saturated carbocycles. The average Bonchev–Trinajstić information content (AvgIpc) is 2.74. The SMILES string of the molecule is CCNC(=O)C(C)N(Cc1cccc(Br)c1)C(=O)CCCN(c1ccccc1F)S(C)(=O)=O. The van der Waals surface area contributed by atoms with E-state index in [1.54, 1.807) is 19.9 Å². The Hall–Kier alpha value is -2.46. The molecular formula is C23H29BrFN3O4S. The molecule has 33 heavy (non-hydrogen) atoms. The van der Waals surface area contributed by atoms with Crippen molar-refractivity contribution in [2.75, 3.05) is 23.7 Å². The number of carbonyl (C=O) groups is 2. The molecule has 0 aromatic heterocycles. The molecule has 180 valence electrons. The van der Waals surface area contributed by atoms with Gasteiger partial charge in [-0.25, -0.2) is 12.8 Å². The van der Waals surface area contributed by atoms with Crippen molar-refractivity contribution < 1.29 is 22.4 Å². The molecule has 0 radical (unpaired) electrons. The monoisotopic (exact) mass is 541 g/mol. The Kier molecular flexibility index (Phi) is 9.85. The molecule has 2 aromatic carbocycles. The Morgan fingerprint density at radius 3 is 2.45 bits per heavy atom. The van der Waals surface area contributed by atoms with Crippen LogP contribution in [0.4, 0.5) is 10.1 Å². The van der Waals surface area contributed by atoms with E-state index >= 15 is 0 Å². The van der Waals surface area contributed by atoms with Crippen molar-refractivity contribution >= 4 is 43.5 Å². The van der Waals surface area contributed by atoms with Gasteiger partial charge < -0.3 is 10.2 Å². The van der Waals surface area contributed by atoms with E-state index in [1.807, 2.05) is 24.3 Å². The fourth-order valence-electron chi connectivity index (χ4n) is 3.37. The van der Waals surface area contributed by atoms with Crippen LogP contribution in [-0.2, 0) is 26.2 Å². The minimum atomic E-state index is -3.75. The number of sulfonamides is 1. The van der Waals surface area contributed by atoms with E-state index in [9.17, 15) is 22.4 Å².